The lowest BCUT2D eigenvalue weighted by Gasteiger charge is -2.29. The Bertz CT molecular complexity index is 418. The van der Waals surface area contributed by atoms with Gasteiger partial charge in [0.15, 0.2) is 5.75 Å². The van der Waals surface area contributed by atoms with Gasteiger partial charge >= 0.3 is 5.97 Å². The molecule has 0 unspecified atom stereocenters. The second-order valence-corrected chi connectivity index (χ2v) is 5.20. The smallest absolute Gasteiger partial charge is 0.317 e. The Hall–Kier alpha value is -0.930. The van der Waals surface area contributed by atoms with Crippen LogP contribution in [0.1, 0.15) is 26.2 Å². The maximum absolute atomic E-state index is 12.4. The maximum atomic E-state index is 12.4. The third-order valence-corrected chi connectivity index (χ3v) is 3.76. The molecular weight excluding hydrogens is 285 g/mol. The molecule has 0 aromatic heterocycles. The molecule has 1 rings (SSSR count). The second kappa shape index (κ2) is 7.61. The summed E-state index contributed by atoms with van der Waals surface area (Å²) in [5.41, 5.74) is 5.58. The van der Waals surface area contributed by atoms with E-state index in [9.17, 15) is 4.79 Å². The Labute approximate surface area is 124 Å². The molecule has 3 nitrogen and oxygen atoms in total. The fraction of sp³-hybridized carbons (Fsp3) is 0.500. The van der Waals surface area contributed by atoms with Gasteiger partial charge in [-0.05, 0) is 31.4 Å². The van der Waals surface area contributed by atoms with Gasteiger partial charge < -0.3 is 10.5 Å². The van der Waals surface area contributed by atoms with Gasteiger partial charge in [-0.15, -0.1) is 23.2 Å². The Morgan fingerprint density at radius 2 is 1.84 bits per heavy atom. The van der Waals surface area contributed by atoms with Crippen molar-refractivity contribution < 1.29 is 9.53 Å². The molecule has 0 radical (unpaired) electrons. The summed E-state index contributed by atoms with van der Waals surface area (Å²) in [4.78, 5) is 12.4. The van der Waals surface area contributed by atoms with Gasteiger partial charge in [0.05, 0.1) is 11.1 Å². The molecule has 0 saturated carbocycles. The van der Waals surface area contributed by atoms with Crippen molar-refractivity contribution in [3.8, 4) is 5.75 Å². The van der Waals surface area contributed by atoms with Crippen molar-refractivity contribution in [2.75, 3.05) is 17.5 Å². The van der Waals surface area contributed by atoms with Crippen molar-refractivity contribution in [3.05, 3.63) is 24.3 Å². The number of para-hydroxylation sites is 2. The van der Waals surface area contributed by atoms with Gasteiger partial charge in [0.2, 0.25) is 0 Å². The van der Waals surface area contributed by atoms with E-state index in [1.165, 1.54) is 0 Å². The van der Waals surface area contributed by atoms with E-state index in [0.29, 0.717) is 42.5 Å². The monoisotopic (exact) mass is 303 g/mol. The zero-order chi connectivity index (χ0) is 14.3. The maximum Gasteiger partial charge on any atom is 0.317 e. The number of benzene rings is 1. The van der Waals surface area contributed by atoms with Gasteiger partial charge in [-0.2, -0.15) is 0 Å². The minimum absolute atomic E-state index is 0.311. The van der Waals surface area contributed by atoms with Crippen molar-refractivity contribution >= 4 is 34.9 Å². The summed E-state index contributed by atoms with van der Waals surface area (Å²) in [5.74, 6) is 0.859. The molecule has 2 N–H and O–H groups in total. The summed E-state index contributed by atoms with van der Waals surface area (Å²) in [6.45, 7) is 1.94. The lowest BCUT2D eigenvalue weighted by atomic mass is 9.80. The summed E-state index contributed by atoms with van der Waals surface area (Å²) < 4.78 is 5.43. The topological polar surface area (TPSA) is 52.3 Å². The fourth-order valence-corrected chi connectivity index (χ4v) is 2.69. The van der Waals surface area contributed by atoms with Gasteiger partial charge in [-0.25, -0.2) is 0 Å². The SMILES string of the molecule is CCC(CCCl)(CCCl)C(=O)Oc1ccccc1N. The first kappa shape index (κ1) is 16.1. The van der Waals surface area contributed by atoms with Crippen LogP contribution in [0.25, 0.3) is 0 Å². The first-order valence-corrected chi connectivity index (χ1v) is 7.35. The summed E-state index contributed by atoms with van der Waals surface area (Å²) in [6.07, 6.45) is 1.73. The van der Waals surface area contributed by atoms with E-state index in [0.717, 1.165) is 0 Å². The van der Waals surface area contributed by atoms with E-state index in [2.05, 4.69) is 0 Å². The van der Waals surface area contributed by atoms with Crippen molar-refractivity contribution in [2.45, 2.75) is 26.2 Å². The molecule has 0 heterocycles. The van der Waals surface area contributed by atoms with Crippen LogP contribution in [0.5, 0.6) is 5.75 Å². The molecule has 0 atom stereocenters. The zero-order valence-electron chi connectivity index (χ0n) is 11.0. The number of esters is 1. The average molecular weight is 304 g/mol. The molecule has 0 saturated heterocycles. The van der Waals surface area contributed by atoms with Crippen LogP contribution < -0.4 is 10.5 Å². The average Bonchev–Trinajstić information content (AvgIpc) is 2.41. The quantitative estimate of drug-likeness (QED) is 0.360. The molecule has 0 aliphatic carbocycles. The lowest BCUT2D eigenvalue weighted by Crippen LogP contribution is -2.35. The summed E-state index contributed by atoms with van der Waals surface area (Å²) in [6, 6.07) is 6.93. The van der Waals surface area contributed by atoms with Crippen LogP contribution in [0, 0.1) is 5.41 Å². The zero-order valence-corrected chi connectivity index (χ0v) is 12.5. The lowest BCUT2D eigenvalue weighted by molar-refractivity contribution is -0.146. The first-order valence-electron chi connectivity index (χ1n) is 6.28. The summed E-state index contributed by atoms with van der Waals surface area (Å²) in [7, 11) is 0. The second-order valence-electron chi connectivity index (χ2n) is 4.44. The van der Waals surface area contributed by atoms with Crippen molar-refractivity contribution in [2.24, 2.45) is 5.41 Å². The number of rotatable bonds is 7. The van der Waals surface area contributed by atoms with E-state index in [-0.39, 0.29) is 5.97 Å². The van der Waals surface area contributed by atoms with Gasteiger partial charge in [-0.3, -0.25) is 4.79 Å². The molecule has 106 valence electrons. The standard InChI is InChI=1S/C14H19Cl2NO2/c1-2-14(7-9-15,8-10-16)13(18)19-12-6-4-3-5-11(12)17/h3-6H,2,7-10,17H2,1H3. The molecule has 0 fully saturated rings. The number of nitrogens with two attached hydrogens (primary N) is 1. The molecule has 1 aromatic carbocycles. The minimum atomic E-state index is -0.633. The first-order chi connectivity index (χ1) is 9.09. The number of ether oxygens (including phenoxy) is 1. The van der Waals surface area contributed by atoms with Crippen molar-refractivity contribution in [1.82, 2.24) is 0 Å². The molecule has 0 aliphatic heterocycles. The van der Waals surface area contributed by atoms with Crippen LogP contribution in [-0.2, 0) is 4.79 Å². The van der Waals surface area contributed by atoms with Crippen LogP contribution >= 0.6 is 23.2 Å². The number of carbonyl (C=O) groups excluding carboxylic acids is 1. The highest BCUT2D eigenvalue weighted by Gasteiger charge is 2.37. The Balaban J connectivity index is 2.91. The largest absolute Gasteiger partial charge is 0.424 e. The number of nitrogen functional groups attached to an aromatic ring is 1. The summed E-state index contributed by atoms with van der Waals surface area (Å²) >= 11 is 11.6. The third kappa shape index (κ3) is 4.02. The van der Waals surface area contributed by atoms with Crippen LogP contribution in [0.4, 0.5) is 5.69 Å². The van der Waals surface area contributed by atoms with E-state index < -0.39 is 5.41 Å². The Morgan fingerprint density at radius 1 is 1.26 bits per heavy atom. The van der Waals surface area contributed by atoms with Crippen LogP contribution in [-0.4, -0.2) is 17.7 Å². The molecule has 5 heteroatoms. The van der Waals surface area contributed by atoms with E-state index in [1.807, 2.05) is 6.92 Å². The number of hydrogen-bond acceptors (Lipinski definition) is 3. The van der Waals surface area contributed by atoms with E-state index in [4.69, 9.17) is 33.7 Å². The van der Waals surface area contributed by atoms with Crippen LogP contribution in [0.15, 0.2) is 24.3 Å². The van der Waals surface area contributed by atoms with Crippen molar-refractivity contribution in [1.29, 1.82) is 0 Å². The third-order valence-electron chi connectivity index (χ3n) is 3.38. The molecule has 1 aromatic rings. The van der Waals surface area contributed by atoms with Crippen LogP contribution in [0.3, 0.4) is 0 Å². The van der Waals surface area contributed by atoms with Gasteiger partial charge in [0.1, 0.15) is 0 Å². The minimum Gasteiger partial charge on any atom is -0.424 e. The highest BCUT2D eigenvalue weighted by atomic mass is 35.5. The number of hydrogen-bond donors (Lipinski definition) is 1. The predicted octanol–water partition coefficient (Wildman–Crippen LogP) is 3.83. The van der Waals surface area contributed by atoms with E-state index >= 15 is 0 Å². The summed E-state index contributed by atoms with van der Waals surface area (Å²) in [5, 5.41) is 0. The van der Waals surface area contributed by atoms with Gasteiger partial charge in [-0.1, -0.05) is 19.1 Å². The molecule has 0 aliphatic rings. The van der Waals surface area contributed by atoms with Crippen molar-refractivity contribution in [3.63, 3.8) is 0 Å². The Morgan fingerprint density at radius 3 is 2.32 bits per heavy atom. The normalized spacial score (nSPS) is 11.3. The van der Waals surface area contributed by atoms with Gasteiger partial charge in [0, 0.05) is 11.8 Å². The highest BCUT2D eigenvalue weighted by Crippen LogP contribution is 2.35. The van der Waals surface area contributed by atoms with Crippen LogP contribution in [0.2, 0.25) is 0 Å². The molecule has 19 heavy (non-hydrogen) atoms. The number of anilines is 1. The number of halogens is 2. The number of carbonyl (C=O) groups is 1. The molecule has 0 bridgehead atoms. The van der Waals surface area contributed by atoms with E-state index in [1.54, 1.807) is 24.3 Å². The Kier molecular flexibility index (Phi) is 6.46. The number of alkyl halides is 2. The predicted molar refractivity (Wildman–Crippen MR) is 79.9 cm³/mol. The van der Waals surface area contributed by atoms with Gasteiger partial charge in [0.25, 0.3) is 0 Å². The molecule has 0 spiro atoms. The molecular formula is C14H19Cl2NO2. The fourth-order valence-electron chi connectivity index (χ4n) is 1.97. The highest BCUT2D eigenvalue weighted by molar-refractivity contribution is 6.18. The molecule has 0 amide bonds.